The number of rotatable bonds is 7. The van der Waals surface area contributed by atoms with Gasteiger partial charge in [0.2, 0.25) is 0 Å². The van der Waals surface area contributed by atoms with E-state index >= 15 is 0 Å². The zero-order valence-corrected chi connectivity index (χ0v) is 37.0. The molecule has 0 aliphatic heterocycles. The normalized spacial score (nSPS) is 11.8. The highest BCUT2D eigenvalue weighted by Crippen LogP contribution is 2.44. The van der Waals surface area contributed by atoms with Gasteiger partial charge in [0.25, 0.3) is 0 Å². The minimum absolute atomic E-state index is 0.607. The highest BCUT2D eigenvalue weighted by Gasteiger charge is 2.22. The van der Waals surface area contributed by atoms with Crippen LogP contribution in [0.2, 0.25) is 0 Å². The van der Waals surface area contributed by atoms with Crippen molar-refractivity contribution in [2.45, 2.75) is 0 Å². The molecule has 0 saturated carbocycles. The second-order valence-corrected chi connectivity index (χ2v) is 17.5. The second kappa shape index (κ2) is 15.6. The number of nitrogens with zero attached hydrogens (tertiary/aromatic N) is 4. The van der Waals surface area contributed by atoms with Crippen LogP contribution in [0, 0.1) is 0 Å². The van der Waals surface area contributed by atoms with Crippen LogP contribution >= 0.6 is 0 Å². The lowest BCUT2D eigenvalue weighted by molar-refractivity contribution is 0.668. The summed E-state index contributed by atoms with van der Waals surface area (Å²) in [4.78, 5) is 15.0. The molecule has 14 aromatic rings. The van der Waals surface area contributed by atoms with Gasteiger partial charge in [-0.2, -0.15) is 0 Å². The molecule has 0 aliphatic rings. The van der Waals surface area contributed by atoms with Crippen LogP contribution < -0.4 is 0 Å². The number of fused-ring (bicyclic) bond motifs is 9. The van der Waals surface area contributed by atoms with Crippen LogP contribution in [0.25, 0.3) is 139 Å². The summed E-state index contributed by atoms with van der Waals surface area (Å²) in [6, 6.07) is 80.5. The summed E-state index contributed by atoms with van der Waals surface area (Å²) < 4.78 is 15.8. The van der Waals surface area contributed by atoms with E-state index in [0.29, 0.717) is 17.5 Å². The summed E-state index contributed by atoms with van der Waals surface area (Å²) in [5, 5.41) is 6.62. The van der Waals surface area contributed by atoms with E-state index in [2.05, 4.69) is 162 Å². The maximum Gasteiger partial charge on any atom is 0.164 e. The van der Waals surface area contributed by atoms with Gasteiger partial charge in [-0.05, 0) is 88.5 Å². The third-order valence-corrected chi connectivity index (χ3v) is 13.5. The first kappa shape index (κ1) is 38.8. The molecule has 322 valence electrons. The first-order valence-corrected chi connectivity index (χ1v) is 23.2. The zero-order valence-electron chi connectivity index (χ0n) is 37.0. The molecule has 4 aromatic heterocycles. The highest BCUT2D eigenvalue weighted by atomic mass is 16.3. The number of hydrogen-bond acceptors (Lipinski definition) is 5. The van der Waals surface area contributed by atoms with Gasteiger partial charge in [-0.1, -0.05) is 170 Å². The van der Waals surface area contributed by atoms with E-state index < -0.39 is 0 Å². The molecule has 10 aromatic carbocycles. The Morgan fingerprint density at radius 1 is 0.275 bits per heavy atom. The van der Waals surface area contributed by atoms with Crippen molar-refractivity contribution in [3.8, 4) is 73.2 Å². The van der Waals surface area contributed by atoms with Crippen molar-refractivity contribution >= 4 is 65.7 Å². The van der Waals surface area contributed by atoms with E-state index in [4.69, 9.17) is 23.8 Å². The molecule has 0 bridgehead atoms. The van der Waals surface area contributed by atoms with Crippen molar-refractivity contribution in [3.05, 3.63) is 231 Å². The average Bonchev–Trinajstić information content (AvgIpc) is 4.10. The van der Waals surface area contributed by atoms with Crippen LogP contribution in [0.4, 0.5) is 0 Å². The SMILES string of the molecule is c1ccc(-c2ccc3c(c2)c2ccccc2n3-c2cc3c(cc2-c2ccc4c(c2)oc2cccc(-c5cccc(-c6nc(-c7ccccc7)nc(-c7ccccc7)n6)c5)c24)oc2ccccc23)cc1. The Kier molecular flexibility index (Phi) is 8.79. The molecule has 6 heteroatoms. The lowest BCUT2D eigenvalue weighted by Gasteiger charge is -2.15. The first-order chi connectivity index (χ1) is 34.2. The molecule has 0 unspecified atom stereocenters. The average molecular weight is 883 g/mol. The minimum Gasteiger partial charge on any atom is -0.456 e. The molecule has 0 fully saturated rings. The Bertz CT molecular complexity index is 4250. The summed E-state index contributed by atoms with van der Waals surface area (Å²) in [7, 11) is 0. The van der Waals surface area contributed by atoms with Gasteiger partial charge in [-0.25, -0.2) is 15.0 Å². The Morgan fingerprint density at radius 2 is 0.826 bits per heavy atom. The molecule has 4 heterocycles. The molecule has 0 saturated heterocycles. The molecule has 0 aliphatic carbocycles. The molecule has 0 radical (unpaired) electrons. The van der Waals surface area contributed by atoms with Crippen molar-refractivity contribution < 1.29 is 8.83 Å². The smallest absolute Gasteiger partial charge is 0.164 e. The number of hydrogen-bond donors (Lipinski definition) is 0. The standard InChI is InChI=1S/C63H38N4O2/c1-4-16-39(17-5-1)42-31-33-54-51(35-42)47-24-10-12-27-53(47)67(54)55-37-52-48-25-11-13-28-56(48)68-59(52)38-50(55)44-30-32-49-58(36-44)69-57-29-15-26-46(60(49)57)43-22-14-23-45(34-43)63-65-61(40-18-6-2-7-19-40)64-62(66-63)41-20-8-3-9-21-41/h1-38H. The van der Waals surface area contributed by atoms with Gasteiger partial charge in [-0.15, -0.1) is 0 Å². The molecular formula is C63H38N4O2. The fourth-order valence-electron chi connectivity index (χ4n) is 10.2. The summed E-state index contributed by atoms with van der Waals surface area (Å²) in [5.41, 5.74) is 15.9. The molecule has 14 rings (SSSR count). The van der Waals surface area contributed by atoms with Gasteiger partial charge in [0.05, 0.1) is 16.7 Å². The van der Waals surface area contributed by atoms with E-state index in [-0.39, 0.29) is 0 Å². The Hall–Kier alpha value is -9.39. The molecule has 0 atom stereocenters. The van der Waals surface area contributed by atoms with Crippen LogP contribution in [0.1, 0.15) is 0 Å². The van der Waals surface area contributed by atoms with Gasteiger partial charge in [0.1, 0.15) is 22.3 Å². The fourth-order valence-corrected chi connectivity index (χ4v) is 10.2. The van der Waals surface area contributed by atoms with Gasteiger partial charge < -0.3 is 13.4 Å². The van der Waals surface area contributed by atoms with Crippen LogP contribution in [0.3, 0.4) is 0 Å². The third kappa shape index (κ3) is 6.45. The Labute approximate surface area is 396 Å². The molecule has 0 amide bonds. The number of aromatic nitrogens is 4. The predicted octanol–water partition coefficient (Wildman–Crippen LogP) is 16.8. The predicted molar refractivity (Wildman–Crippen MR) is 281 cm³/mol. The van der Waals surface area contributed by atoms with E-state index in [1.54, 1.807) is 0 Å². The quantitative estimate of drug-likeness (QED) is 0.159. The van der Waals surface area contributed by atoms with Crippen LogP contribution in [0.15, 0.2) is 239 Å². The number of benzene rings is 10. The van der Waals surface area contributed by atoms with Gasteiger partial charge in [-0.3, -0.25) is 0 Å². The summed E-state index contributed by atoms with van der Waals surface area (Å²) >= 11 is 0. The second-order valence-electron chi connectivity index (χ2n) is 17.5. The number of furan rings is 2. The first-order valence-electron chi connectivity index (χ1n) is 23.2. The van der Waals surface area contributed by atoms with E-state index in [0.717, 1.165) is 99.5 Å². The largest absolute Gasteiger partial charge is 0.456 e. The van der Waals surface area contributed by atoms with Crippen molar-refractivity contribution in [1.29, 1.82) is 0 Å². The molecule has 0 N–H and O–H groups in total. The maximum absolute atomic E-state index is 6.82. The summed E-state index contributed by atoms with van der Waals surface area (Å²) in [5.74, 6) is 1.86. The third-order valence-electron chi connectivity index (χ3n) is 13.5. The van der Waals surface area contributed by atoms with E-state index in [1.807, 2.05) is 72.8 Å². The fraction of sp³-hybridized carbons (Fsp3) is 0. The Balaban J connectivity index is 0.930. The van der Waals surface area contributed by atoms with Crippen molar-refractivity contribution in [1.82, 2.24) is 19.5 Å². The topological polar surface area (TPSA) is 69.9 Å². The van der Waals surface area contributed by atoms with E-state index in [1.165, 1.54) is 21.9 Å². The zero-order chi connectivity index (χ0) is 45.4. The lowest BCUT2D eigenvalue weighted by atomic mass is 9.96. The molecule has 0 spiro atoms. The maximum atomic E-state index is 6.82. The van der Waals surface area contributed by atoms with Crippen LogP contribution in [-0.4, -0.2) is 19.5 Å². The van der Waals surface area contributed by atoms with E-state index in [9.17, 15) is 0 Å². The van der Waals surface area contributed by atoms with Gasteiger partial charge in [0, 0.05) is 54.6 Å². The van der Waals surface area contributed by atoms with Gasteiger partial charge in [0.15, 0.2) is 17.5 Å². The summed E-state index contributed by atoms with van der Waals surface area (Å²) in [6.45, 7) is 0. The summed E-state index contributed by atoms with van der Waals surface area (Å²) in [6.07, 6.45) is 0. The monoisotopic (exact) mass is 882 g/mol. The van der Waals surface area contributed by atoms with Crippen LogP contribution in [-0.2, 0) is 0 Å². The molecular weight excluding hydrogens is 845 g/mol. The van der Waals surface area contributed by atoms with Crippen LogP contribution in [0.5, 0.6) is 0 Å². The van der Waals surface area contributed by atoms with Crippen molar-refractivity contribution in [2.75, 3.05) is 0 Å². The van der Waals surface area contributed by atoms with Crippen molar-refractivity contribution in [2.24, 2.45) is 0 Å². The van der Waals surface area contributed by atoms with Gasteiger partial charge >= 0.3 is 0 Å². The molecule has 69 heavy (non-hydrogen) atoms. The number of para-hydroxylation sites is 2. The Morgan fingerprint density at radius 3 is 1.59 bits per heavy atom. The lowest BCUT2D eigenvalue weighted by Crippen LogP contribution is -2.00. The highest BCUT2D eigenvalue weighted by molar-refractivity contribution is 6.15. The minimum atomic E-state index is 0.607. The van der Waals surface area contributed by atoms with Crippen molar-refractivity contribution in [3.63, 3.8) is 0 Å². The molecule has 6 nitrogen and oxygen atoms in total.